The maximum atomic E-state index is 12.8. The molecule has 3 aliphatic heterocycles. The summed E-state index contributed by atoms with van der Waals surface area (Å²) in [6, 6.07) is 0.359. The predicted octanol–water partition coefficient (Wildman–Crippen LogP) is 1.43. The molecule has 2 bridgehead atoms. The second-order valence-corrected chi connectivity index (χ2v) is 7.27. The molecule has 0 radical (unpaired) electrons. The van der Waals surface area contributed by atoms with Gasteiger partial charge in [-0.15, -0.1) is 0 Å². The van der Waals surface area contributed by atoms with Gasteiger partial charge in [0.15, 0.2) is 0 Å². The molecular formula is C19H25N7O. The molecule has 27 heavy (non-hydrogen) atoms. The summed E-state index contributed by atoms with van der Waals surface area (Å²) in [7, 11) is 0. The second-order valence-electron chi connectivity index (χ2n) is 7.27. The highest BCUT2D eigenvalue weighted by Crippen LogP contribution is 2.29. The van der Waals surface area contributed by atoms with Gasteiger partial charge in [-0.05, 0) is 25.7 Å². The molecule has 2 aromatic heterocycles. The molecule has 0 saturated carbocycles. The van der Waals surface area contributed by atoms with Crippen molar-refractivity contribution in [2.75, 3.05) is 31.5 Å². The second kappa shape index (κ2) is 7.96. The largest absolute Gasteiger partial charge is 0.355 e. The SMILES string of the molecule is CCNc1ncc(CN2C[C@H]3CC[C@@H]2CN(C(=O)c2cnccn2)C3)cn1. The van der Waals surface area contributed by atoms with E-state index < -0.39 is 0 Å². The first-order valence-corrected chi connectivity index (χ1v) is 9.57. The van der Waals surface area contributed by atoms with Crippen LogP contribution in [-0.4, -0.2) is 67.9 Å². The molecule has 142 valence electrons. The van der Waals surface area contributed by atoms with E-state index in [4.69, 9.17) is 0 Å². The van der Waals surface area contributed by atoms with Crippen molar-refractivity contribution >= 4 is 11.9 Å². The van der Waals surface area contributed by atoms with Crippen molar-refractivity contribution in [1.29, 1.82) is 0 Å². The lowest BCUT2D eigenvalue weighted by Gasteiger charge is -2.35. The van der Waals surface area contributed by atoms with Gasteiger partial charge in [0.1, 0.15) is 5.69 Å². The molecule has 1 N–H and O–H groups in total. The average molecular weight is 367 g/mol. The normalized spacial score (nSPS) is 22.5. The van der Waals surface area contributed by atoms with Gasteiger partial charge in [0.05, 0.1) is 6.20 Å². The smallest absolute Gasteiger partial charge is 0.274 e. The molecule has 0 unspecified atom stereocenters. The molecular weight excluding hydrogens is 342 g/mol. The molecule has 2 atom stereocenters. The summed E-state index contributed by atoms with van der Waals surface area (Å²) in [4.78, 5) is 34.2. The van der Waals surface area contributed by atoms with Crippen LogP contribution < -0.4 is 5.32 Å². The fourth-order valence-electron chi connectivity index (χ4n) is 4.03. The summed E-state index contributed by atoms with van der Waals surface area (Å²) >= 11 is 0. The average Bonchev–Trinajstić information content (AvgIpc) is 3.02. The lowest BCUT2D eigenvalue weighted by molar-refractivity contribution is 0.0729. The maximum Gasteiger partial charge on any atom is 0.274 e. The van der Waals surface area contributed by atoms with Crippen LogP contribution in [0.4, 0.5) is 5.95 Å². The fraction of sp³-hybridized carbons (Fsp3) is 0.526. The lowest BCUT2D eigenvalue weighted by atomic mass is 9.95. The van der Waals surface area contributed by atoms with Crippen LogP contribution in [0, 0.1) is 5.92 Å². The van der Waals surface area contributed by atoms with E-state index in [2.05, 4.69) is 30.2 Å². The Bertz CT molecular complexity index is 767. The maximum absolute atomic E-state index is 12.8. The summed E-state index contributed by atoms with van der Waals surface area (Å²) in [5.41, 5.74) is 1.54. The Balaban J connectivity index is 1.44. The van der Waals surface area contributed by atoms with E-state index in [0.717, 1.165) is 44.7 Å². The Hall–Kier alpha value is -2.61. The summed E-state index contributed by atoms with van der Waals surface area (Å²) in [5.74, 6) is 1.14. The molecule has 8 nitrogen and oxygen atoms in total. The lowest BCUT2D eigenvalue weighted by Crippen LogP contribution is -2.44. The molecule has 8 heteroatoms. The highest BCUT2D eigenvalue weighted by molar-refractivity contribution is 5.92. The molecule has 3 aliphatic rings. The van der Waals surface area contributed by atoms with Gasteiger partial charge in [0, 0.05) is 69.1 Å². The van der Waals surface area contributed by atoms with Crippen molar-refractivity contribution in [1.82, 2.24) is 29.7 Å². The van der Waals surface area contributed by atoms with Crippen LogP contribution in [0.2, 0.25) is 0 Å². The summed E-state index contributed by atoms with van der Waals surface area (Å²) < 4.78 is 0. The number of anilines is 1. The topological polar surface area (TPSA) is 87.1 Å². The number of hydrogen-bond acceptors (Lipinski definition) is 7. The Labute approximate surface area is 159 Å². The molecule has 0 aromatic carbocycles. The van der Waals surface area contributed by atoms with Gasteiger partial charge in [-0.2, -0.15) is 0 Å². The van der Waals surface area contributed by atoms with Crippen molar-refractivity contribution in [3.8, 4) is 0 Å². The third-order valence-electron chi connectivity index (χ3n) is 5.32. The number of carbonyl (C=O) groups excluding carboxylic acids is 1. The van der Waals surface area contributed by atoms with Gasteiger partial charge >= 0.3 is 0 Å². The van der Waals surface area contributed by atoms with Crippen LogP contribution in [0.3, 0.4) is 0 Å². The van der Waals surface area contributed by atoms with Crippen LogP contribution >= 0.6 is 0 Å². The van der Waals surface area contributed by atoms with Gasteiger partial charge in [-0.25, -0.2) is 15.0 Å². The molecule has 1 amide bonds. The predicted molar refractivity (Wildman–Crippen MR) is 101 cm³/mol. The van der Waals surface area contributed by atoms with Crippen molar-refractivity contribution < 1.29 is 4.79 Å². The zero-order chi connectivity index (χ0) is 18.6. The number of rotatable bonds is 5. The van der Waals surface area contributed by atoms with E-state index >= 15 is 0 Å². The zero-order valence-corrected chi connectivity index (χ0v) is 15.6. The number of nitrogens with zero attached hydrogens (tertiary/aromatic N) is 6. The minimum Gasteiger partial charge on any atom is -0.355 e. The monoisotopic (exact) mass is 367 g/mol. The van der Waals surface area contributed by atoms with Gasteiger partial charge in [-0.1, -0.05) is 0 Å². The Morgan fingerprint density at radius 2 is 1.96 bits per heavy atom. The Morgan fingerprint density at radius 1 is 1.11 bits per heavy atom. The van der Waals surface area contributed by atoms with Crippen LogP contribution in [0.15, 0.2) is 31.0 Å². The van der Waals surface area contributed by atoms with Crippen molar-refractivity contribution in [2.45, 2.75) is 32.4 Å². The first kappa shape index (κ1) is 17.8. The van der Waals surface area contributed by atoms with Crippen molar-refractivity contribution in [3.63, 3.8) is 0 Å². The number of aromatic nitrogens is 4. The Kier molecular flexibility index (Phi) is 5.24. The Morgan fingerprint density at radius 3 is 2.70 bits per heavy atom. The van der Waals surface area contributed by atoms with E-state index in [9.17, 15) is 4.79 Å². The van der Waals surface area contributed by atoms with Gasteiger partial charge < -0.3 is 10.2 Å². The third kappa shape index (κ3) is 4.05. The third-order valence-corrected chi connectivity index (χ3v) is 5.32. The highest BCUT2D eigenvalue weighted by atomic mass is 16.2. The number of piperidine rings is 1. The fourth-order valence-corrected chi connectivity index (χ4v) is 4.03. The molecule has 3 saturated heterocycles. The van der Waals surface area contributed by atoms with E-state index in [1.54, 1.807) is 18.6 Å². The van der Waals surface area contributed by atoms with E-state index in [1.165, 1.54) is 6.42 Å². The van der Waals surface area contributed by atoms with Crippen LogP contribution in [0.5, 0.6) is 0 Å². The molecule has 0 spiro atoms. The molecule has 2 aromatic rings. The zero-order valence-electron chi connectivity index (χ0n) is 15.6. The molecule has 5 rings (SSSR count). The van der Waals surface area contributed by atoms with E-state index in [1.807, 2.05) is 24.2 Å². The first-order chi connectivity index (χ1) is 13.2. The highest BCUT2D eigenvalue weighted by Gasteiger charge is 2.36. The first-order valence-electron chi connectivity index (χ1n) is 9.57. The van der Waals surface area contributed by atoms with Gasteiger partial charge in [-0.3, -0.25) is 14.7 Å². The van der Waals surface area contributed by atoms with Crippen molar-refractivity contribution in [3.05, 3.63) is 42.2 Å². The number of fused-ring (bicyclic) bond motifs is 4. The standard InChI is InChI=1S/C19H25N7O/c1-2-21-19-23-7-15(8-24-19)12-25-10-14-3-4-16(25)13-26(11-14)18(27)17-9-20-5-6-22-17/h5-9,14,16H,2-4,10-13H2,1H3,(H,21,23,24)/t14-,16-/m1/s1. The number of nitrogens with one attached hydrogen (secondary N) is 1. The summed E-state index contributed by atoms with van der Waals surface area (Å²) in [5, 5.41) is 3.12. The summed E-state index contributed by atoms with van der Waals surface area (Å²) in [6.45, 7) is 6.19. The van der Waals surface area contributed by atoms with Crippen LogP contribution in [0.25, 0.3) is 0 Å². The van der Waals surface area contributed by atoms with E-state index in [-0.39, 0.29) is 5.91 Å². The van der Waals surface area contributed by atoms with Gasteiger partial charge in [0.2, 0.25) is 5.95 Å². The van der Waals surface area contributed by atoms with Gasteiger partial charge in [0.25, 0.3) is 5.91 Å². The number of hydrogen-bond donors (Lipinski definition) is 1. The molecule has 5 heterocycles. The van der Waals surface area contributed by atoms with E-state index in [0.29, 0.717) is 23.6 Å². The minimum absolute atomic E-state index is 0.0137. The molecule has 0 aliphatic carbocycles. The van der Waals surface area contributed by atoms with Crippen LogP contribution in [0.1, 0.15) is 35.8 Å². The summed E-state index contributed by atoms with van der Waals surface area (Å²) in [6.07, 6.45) is 10.8. The minimum atomic E-state index is -0.0137. The molecule has 3 fully saturated rings. The number of amides is 1. The quantitative estimate of drug-likeness (QED) is 0.855. The van der Waals surface area contributed by atoms with Crippen LogP contribution in [-0.2, 0) is 6.54 Å². The van der Waals surface area contributed by atoms with Crippen molar-refractivity contribution in [2.24, 2.45) is 5.92 Å². The number of carbonyl (C=O) groups is 1.